The number of ether oxygens (including phenoxy) is 1. The summed E-state index contributed by atoms with van der Waals surface area (Å²) in [5, 5.41) is 3.05. The van der Waals surface area contributed by atoms with Crippen molar-refractivity contribution in [3.8, 4) is 0 Å². The zero-order chi connectivity index (χ0) is 14.5. The third-order valence-electron chi connectivity index (χ3n) is 3.11. The minimum atomic E-state index is -0.820. The minimum absolute atomic E-state index is 0.0434. The monoisotopic (exact) mass is 264 g/mol. The maximum atomic E-state index is 12.2. The average Bonchev–Trinajstić information content (AvgIpc) is 2.38. The highest BCUT2D eigenvalue weighted by Gasteiger charge is 2.29. The molecule has 1 N–H and O–H groups in total. The van der Waals surface area contributed by atoms with Gasteiger partial charge in [-0.2, -0.15) is 0 Å². The van der Waals surface area contributed by atoms with Crippen molar-refractivity contribution in [1.82, 2.24) is 10.2 Å². The van der Waals surface area contributed by atoms with Gasteiger partial charge < -0.3 is 15.0 Å². The number of nitrogens with one attached hydrogen (secondary N) is 1. The number of likely N-dealkylation sites (N-methyl/N-ethyl adjacent to an activating group) is 1. The molecule has 0 aliphatic carbocycles. The number of amides is 1. The Morgan fingerprint density at radius 1 is 1.32 bits per heavy atom. The van der Waals surface area contributed by atoms with Crippen molar-refractivity contribution in [1.29, 1.82) is 0 Å². The second kappa shape index (κ2) is 6.68. The molecule has 1 aromatic rings. The maximum Gasteiger partial charge on any atom is 0.252 e. The average molecular weight is 264 g/mol. The highest BCUT2D eigenvalue weighted by atomic mass is 16.5. The number of hydrogen-bond donors (Lipinski definition) is 1. The number of rotatable bonds is 6. The fourth-order valence-electron chi connectivity index (χ4n) is 1.71. The fraction of sp³-hybridized carbons (Fsp3) is 0.533. The van der Waals surface area contributed by atoms with Gasteiger partial charge in [0.2, 0.25) is 0 Å². The van der Waals surface area contributed by atoms with E-state index >= 15 is 0 Å². The van der Waals surface area contributed by atoms with Crippen LogP contribution in [0.4, 0.5) is 0 Å². The Labute approximate surface area is 115 Å². The standard InChI is InChI=1S/C15H24N2O2/c1-15(2,19-5)14(18)16-13(11-17(3)4)12-9-7-6-8-10-12/h6-10,13H,11H2,1-5H3,(H,16,18). The molecule has 0 heterocycles. The first-order valence-corrected chi connectivity index (χ1v) is 6.42. The Morgan fingerprint density at radius 2 is 1.89 bits per heavy atom. The predicted molar refractivity (Wildman–Crippen MR) is 77.0 cm³/mol. The van der Waals surface area contributed by atoms with Crippen molar-refractivity contribution in [3.63, 3.8) is 0 Å². The Morgan fingerprint density at radius 3 is 2.37 bits per heavy atom. The lowest BCUT2D eigenvalue weighted by atomic mass is 10.0. The van der Waals surface area contributed by atoms with Crippen molar-refractivity contribution in [2.75, 3.05) is 27.7 Å². The molecule has 0 fully saturated rings. The van der Waals surface area contributed by atoms with Crippen LogP contribution < -0.4 is 5.32 Å². The molecular formula is C15H24N2O2. The largest absolute Gasteiger partial charge is 0.369 e. The molecule has 0 saturated carbocycles. The SMILES string of the molecule is COC(C)(C)C(=O)NC(CN(C)C)c1ccccc1. The number of nitrogens with zero attached hydrogens (tertiary/aromatic N) is 1. The first-order chi connectivity index (χ1) is 8.86. The van der Waals surface area contributed by atoms with Gasteiger partial charge in [0.25, 0.3) is 5.91 Å². The Kier molecular flexibility index (Phi) is 5.51. The quantitative estimate of drug-likeness (QED) is 0.852. The smallest absolute Gasteiger partial charge is 0.252 e. The molecule has 1 rings (SSSR count). The molecule has 0 radical (unpaired) electrons. The molecule has 0 bridgehead atoms. The lowest BCUT2D eigenvalue weighted by Gasteiger charge is -2.28. The summed E-state index contributed by atoms with van der Waals surface area (Å²) >= 11 is 0. The van der Waals surface area contributed by atoms with E-state index in [1.807, 2.05) is 44.4 Å². The summed E-state index contributed by atoms with van der Waals surface area (Å²) in [6.07, 6.45) is 0. The van der Waals surface area contributed by atoms with Gasteiger partial charge in [-0.25, -0.2) is 0 Å². The lowest BCUT2D eigenvalue weighted by molar-refractivity contribution is -0.140. The van der Waals surface area contributed by atoms with Gasteiger partial charge in [0.1, 0.15) is 5.60 Å². The van der Waals surface area contributed by atoms with Crippen LogP contribution in [-0.2, 0) is 9.53 Å². The molecule has 1 aromatic carbocycles. The Bertz CT molecular complexity index is 402. The summed E-state index contributed by atoms with van der Waals surface area (Å²) in [7, 11) is 5.52. The van der Waals surface area contributed by atoms with Gasteiger partial charge in [-0.1, -0.05) is 30.3 Å². The molecule has 4 heteroatoms. The van der Waals surface area contributed by atoms with E-state index in [1.54, 1.807) is 21.0 Å². The van der Waals surface area contributed by atoms with E-state index in [2.05, 4.69) is 10.2 Å². The van der Waals surface area contributed by atoms with Crippen LogP contribution in [0.2, 0.25) is 0 Å². The van der Waals surface area contributed by atoms with Gasteiger partial charge >= 0.3 is 0 Å². The predicted octanol–water partition coefficient (Wildman–Crippen LogP) is 1.83. The second-order valence-electron chi connectivity index (χ2n) is 5.41. The van der Waals surface area contributed by atoms with Crippen LogP contribution in [0.5, 0.6) is 0 Å². The van der Waals surface area contributed by atoms with E-state index in [1.165, 1.54) is 0 Å². The van der Waals surface area contributed by atoms with Crippen molar-refractivity contribution < 1.29 is 9.53 Å². The molecule has 1 unspecified atom stereocenters. The van der Waals surface area contributed by atoms with Crippen LogP contribution in [-0.4, -0.2) is 44.2 Å². The van der Waals surface area contributed by atoms with Gasteiger partial charge in [0, 0.05) is 13.7 Å². The fourth-order valence-corrected chi connectivity index (χ4v) is 1.71. The van der Waals surface area contributed by atoms with Crippen LogP contribution in [0.3, 0.4) is 0 Å². The van der Waals surface area contributed by atoms with E-state index in [9.17, 15) is 4.79 Å². The molecule has 19 heavy (non-hydrogen) atoms. The van der Waals surface area contributed by atoms with Gasteiger partial charge in [-0.3, -0.25) is 4.79 Å². The maximum absolute atomic E-state index is 12.2. The summed E-state index contributed by atoms with van der Waals surface area (Å²) in [5.41, 5.74) is 0.274. The van der Waals surface area contributed by atoms with Crippen molar-refractivity contribution in [3.05, 3.63) is 35.9 Å². The van der Waals surface area contributed by atoms with E-state index in [-0.39, 0.29) is 11.9 Å². The number of methoxy groups -OCH3 is 1. The van der Waals surface area contributed by atoms with Gasteiger partial charge in [-0.15, -0.1) is 0 Å². The Balaban J connectivity index is 2.85. The zero-order valence-electron chi connectivity index (χ0n) is 12.4. The molecule has 1 amide bonds. The van der Waals surface area contributed by atoms with Crippen molar-refractivity contribution in [2.45, 2.75) is 25.5 Å². The normalized spacial score (nSPS) is 13.4. The number of benzene rings is 1. The summed E-state index contributed by atoms with van der Waals surface area (Å²) < 4.78 is 5.22. The molecule has 4 nitrogen and oxygen atoms in total. The molecular weight excluding hydrogens is 240 g/mol. The van der Waals surface area contributed by atoms with Crippen LogP contribution >= 0.6 is 0 Å². The molecule has 106 valence electrons. The highest BCUT2D eigenvalue weighted by molar-refractivity contribution is 5.84. The van der Waals surface area contributed by atoms with E-state index < -0.39 is 5.60 Å². The van der Waals surface area contributed by atoms with E-state index in [4.69, 9.17) is 4.74 Å². The number of carbonyl (C=O) groups is 1. The lowest BCUT2D eigenvalue weighted by Crippen LogP contribution is -2.46. The van der Waals surface area contributed by atoms with Crippen LogP contribution in [0.25, 0.3) is 0 Å². The van der Waals surface area contributed by atoms with Gasteiger partial charge in [-0.05, 0) is 33.5 Å². The molecule has 0 saturated heterocycles. The third kappa shape index (κ3) is 4.65. The summed E-state index contributed by atoms with van der Waals surface area (Å²) in [6.45, 7) is 4.27. The molecule has 0 aliphatic heterocycles. The molecule has 1 atom stereocenters. The van der Waals surface area contributed by atoms with Gasteiger partial charge in [0.15, 0.2) is 0 Å². The number of carbonyl (C=O) groups excluding carboxylic acids is 1. The van der Waals surface area contributed by atoms with Crippen LogP contribution in [0.15, 0.2) is 30.3 Å². The third-order valence-corrected chi connectivity index (χ3v) is 3.11. The summed E-state index contributed by atoms with van der Waals surface area (Å²) in [5.74, 6) is -0.106. The van der Waals surface area contributed by atoms with Crippen molar-refractivity contribution >= 4 is 5.91 Å². The summed E-state index contributed by atoms with van der Waals surface area (Å²) in [6, 6.07) is 9.93. The molecule has 0 spiro atoms. The molecule has 0 aliphatic rings. The van der Waals surface area contributed by atoms with Gasteiger partial charge in [0.05, 0.1) is 6.04 Å². The second-order valence-corrected chi connectivity index (χ2v) is 5.41. The van der Waals surface area contributed by atoms with Crippen LogP contribution in [0.1, 0.15) is 25.5 Å². The number of hydrogen-bond acceptors (Lipinski definition) is 3. The van der Waals surface area contributed by atoms with E-state index in [0.29, 0.717) is 0 Å². The Hall–Kier alpha value is -1.39. The topological polar surface area (TPSA) is 41.6 Å². The zero-order valence-corrected chi connectivity index (χ0v) is 12.4. The first kappa shape index (κ1) is 15.7. The highest BCUT2D eigenvalue weighted by Crippen LogP contribution is 2.16. The summed E-state index contributed by atoms with van der Waals surface area (Å²) in [4.78, 5) is 14.3. The van der Waals surface area contributed by atoms with Crippen molar-refractivity contribution in [2.24, 2.45) is 0 Å². The minimum Gasteiger partial charge on any atom is -0.369 e. The first-order valence-electron chi connectivity index (χ1n) is 6.42. The van der Waals surface area contributed by atoms with E-state index in [0.717, 1.165) is 12.1 Å². The molecule has 0 aromatic heterocycles. The van der Waals surface area contributed by atoms with Crippen LogP contribution in [0, 0.1) is 0 Å².